The van der Waals surface area contributed by atoms with Crippen LogP contribution in [0.25, 0.3) is 21.0 Å². The minimum absolute atomic E-state index is 0.00653. The molecule has 4 bridgehead atoms. The molecule has 0 unspecified atom stereocenters. The van der Waals surface area contributed by atoms with E-state index in [1.807, 2.05) is 0 Å². The van der Waals surface area contributed by atoms with Gasteiger partial charge < -0.3 is 49.8 Å². The smallest absolute Gasteiger partial charge is 0.312 e. The van der Waals surface area contributed by atoms with Gasteiger partial charge in [-0.3, -0.25) is 14.4 Å². The van der Waals surface area contributed by atoms with E-state index in [1.54, 1.807) is 46.8 Å². The SMILES string of the molecule is CO[C@H]1/C=C\O[C@]2(C)Oc3c(C)c(O)c4c(O)c(c5sc(CO)nc5c4c3C2=O)NC(=O)/C(C)=C/C=C/[C@@H](C)[C@@H](O)[C@@H](C)[C@@H](O)[C@H](C)[C@@H](OC(C)=O)[C@@H]1C. The lowest BCUT2D eigenvalue weighted by Crippen LogP contribution is -2.46. The number of aromatic hydroxyl groups is 2. The molecule has 3 heterocycles. The number of rotatable bonds is 3. The molecule has 5 rings (SSSR count). The fourth-order valence-corrected chi connectivity index (χ4v) is 8.17. The number of amides is 1. The zero-order chi connectivity index (χ0) is 40.0. The maximum Gasteiger partial charge on any atom is 0.312 e. The second-order valence-corrected chi connectivity index (χ2v) is 15.4. The molecule has 14 nitrogen and oxygen atoms in total. The van der Waals surface area contributed by atoms with Gasteiger partial charge >= 0.3 is 11.8 Å². The number of thiazole rings is 1. The third-order valence-corrected chi connectivity index (χ3v) is 11.6. The van der Waals surface area contributed by atoms with Crippen molar-refractivity contribution in [3.8, 4) is 17.2 Å². The van der Waals surface area contributed by atoms with Gasteiger partial charge in [0, 0.05) is 61.2 Å². The average molecular weight is 769 g/mol. The number of phenols is 2. The summed E-state index contributed by atoms with van der Waals surface area (Å²) in [5, 5.41) is 58.8. The third kappa shape index (κ3) is 7.18. The molecule has 2 aliphatic rings. The van der Waals surface area contributed by atoms with Crippen molar-refractivity contribution in [2.24, 2.45) is 23.7 Å². The number of benzene rings is 2. The van der Waals surface area contributed by atoms with Crippen molar-refractivity contribution in [1.82, 2.24) is 4.98 Å². The van der Waals surface area contributed by atoms with Gasteiger partial charge in [-0.15, -0.1) is 11.3 Å². The van der Waals surface area contributed by atoms with Crippen LogP contribution in [0.1, 0.15) is 69.4 Å². The number of methoxy groups -OCH3 is 1. The zero-order valence-corrected chi connectivity index (χ0v) is 32.5. The maximum absolute atomic E-state index is 14.3. The minimum Gasteiger partial charge on any atom is -0.507 e. The van der Waals surface area contributed by atoms with E-state index in [1.165, 1.54) is 46.3 Å². The fraction of sp³-hybridized carbons (Fsp3) is 0.487. The van der Waals surface area contributed by atoms with E-state index in [2.05, 4.69) is 10.3 Å². The van der Waals surface area contributed by atoms with Gasteiger partial charge in [-0.25, -0.2) is 4.98 Å². The first-order valence-corrected chi connectivity index (χ1v) is 18.4. The van der Waals surface area contributed by atoms with E-state index in [9.17, 15) is 39.9 Å². The van der Waals surface area contributed by atoms with Crippen LogP contribution in [0.3, 0.4) is 0 Å². The molecule has 0 saturated carbocycles. The predicted molar refractivity (Wildman–Crippen MR) is 201 cm³/mol. The van der Waals surface area contributed by atoms with E-state index in [0.29, 0.717) is 0 Å². The highest BCUT2D eigenvalue weighted by atomic mass is 32.1. The quantitative estimate of drug-likeness (QED) is 0.150. The van der Waals surface area contributed by atoms with Crippen LogP contribution >= 0.6 is 11.3 Å². The van der Waals surface area contributed by atoms with E-state index in [4.69, 9.17) is 18.9 Å². The Bertz CT molecular complexity index is 2070. The van der Waals surface area contributed by atoms with Crippen molar-refractivity contribution in [1.29, 1.82) is 0 Å². The summed E-state index contributed by atoms with van der Waals surface area (Å²) in [6.45, 7) is 12.2. The van der Waals surface area contributed by atoms with Gasteiger partial charge in [-0.2, -0.15) is 0 Å². The van der Waals surface area contributed by atoms with Crippen LogP contribution in [-0.4, -0.2) is 85.5 Å². The van der Waals surface area contributed by atoms with Crippen LogP contribution in [0.4, 0.5) is 5.69 Å². The number of allylic oxidation sites excluding steroid dienone is 2. The Morgan fingerprint density at radius 3 is 2.33 bits per heavy atom. The first-order valence-electron chi connectivity index (χ1n) is 17.6. The van der Waals surface area contributed by atoms with Crippen LogP contribution < -0.4 is 10.1 Å². The highest BCUT2D eigenvalue weighted by Crippen LogP contribution is 2.54. The zero-order valence-electron chi connectivity index (χ0n) is 31.7. The van der Waals surface area contributed by atoms with Crippen molar-refractivity contribution in [2.75, 3.05) is 12.4 Å². The Kier molecular flexibility index (Phi) is 11.8. The Labute approximate surface area is 316 Å². The molecule has 15 heteroatoms. The number of phenolic OH excluding ortho intramolecular Hbond substituents is 2. The number of aliphatic hydroxyl groups excluding tert-OH is 3. The number of ether oxygens (including phenoxy) is 4. The number of carbonyl (C=O) groups is 3. The minimum atomic E-state index is -1.97. The Morgan fingerprint density at radius 2 is 1.70 bits per heavy atom. The molecule has 0 fully saturated rings. The second kappa shape index (κ2) is 15.7. The lowest BCUT2D eigenvalue weighted by Gasteiger charge is -2.38. The van der Waals surface area contributed by atoms with Gasteiger partial charge in [0.1, 0.15) is 28.3 Å². The highest BCUT2D eigenvalue weighted by Gasteiger charge is 2.49. The number of Topliss-reactive ketones (excluding diaryl/α,β-unsaturated/α-hetero) is 1. The number of aliphatic hydroxyl groups is 3. The van der Waals surface area contributed by atoms with Crippen molar-refractivity contribution in [3.05, 3.63) is 52.3 Å². The van der Waals surface area contributed by atoms with Crippen LogP contribution in [-0.2, 0) is 30.4 Å². The molecule has 9 atom stereocenters. The first-order chi connectivity index (χ1) is 25.4. The summed E-state index contributed by atoms with van der Waals surface area (Å²) >= 11 is 0.986. The number of nitrogens with zero attached hydrogens (tertiary/aromatic N) is 1. The molecular formula is C39H48N2O12S. The first kappa shape index (κ1) is 40.6. The van der Waals surface area contributed by atoms with Gasteiger partial charge in [-0.05, 0) is 19.9 Å². The number of fused-ring (bicyclic) bond motifs is 1. The molecule has 2 aromatic carbocycles. The number of aromatic nitrogens is 1. The van der Waals surface area contributed by atoms with Crippen molar-refractivity contribution in [2.45, 2.75) is 92.2 Å². The van der Waals surface area contributed by atoms with Crippen molar-refractivity contribution in [3.63, 3.8) is 0 Å². The molecule has 54 heavy (non-hydrogen) atoms. The van der Waals surface area contributed by atoms with Crippen molar-refractivity contribution >= 4 is 55.7 Å². The lowest BCUT2D eigenvalue weighted by atomic mass is 9.78. The average Bonchev–Trinajstić information content (AvgIpc) is 3.68. The van der Waals surface area contributed by atoms with E-state index >= 15 is 0 Å². The van der Waals surface area contributed by atoms with Gasteiger partial charge in [0.2, 0.25) is 0 Å². The summed E-state index contributed by atoms with van der Waals surface area (Å²) in [6.07, 6.45) is 3.72. The molecule has 0 radical (unpaired) electrons. The monoisotopic (exact) mass is 768 g/mol. The molecule has 292 valence electrons. The van der Waals surface area contributed by atoms with Gasteiger partial charge in [0.25, 0.3) is 11.7 Å². The van der Waals surface area contributed by atoms with Crippen LogP contribution in [0.2, 0.25) is 0 Å². The number of hydrogen-bond donors (Lipinski definition) is 6. The predicted octanol–water partition coefficient (Wildman–Crippen LogP) is 5.15. The molecule has 0 spiro atoms. The Balaban J connectivity index is 1.71. The number of nitrogens with one attached hydrogen (secondary N) is 1. The summed E-state index contributed by atoms with van der Waals surface area (Å²) < 4.78 is 23.8. The largest absolute Gasteiger partial charge is 0.507 e. The summed E-state index contributed by atoms with van der Waals surface area (Å²) in [6, 6.07) is 0. The molecular weight excluding hydrogens is 720 g/mol. The summed E-state index contributed by atoms with van der Waals surface area (Å²) in [4.78, 5) is 44.7. The van der Waals surface area contributed by atoms with E-state index in [0.717, 1.165) is 11.3 Å². The van der Waals surface area contributed by atoms with Crippen LogP contribution in [0, 0.1) is 30.6 Å². The molecule has 2 aliphatic heterocycles. The number of hydrogen-bond acceptors (Lipinski definition) is 14. The van der Waals surface area contributed by atoms with Crippen molar-refractivity contribution < 1.29 is 58.9 Å². The highest BCUT2D eigenvalue weighted by molar-refractivity contribution is 7.19. The Hall–Kier alpha value is -4.54. The summed E-state index contributed by atoms with van der Waals surface area (Å²) in [7, 11) is 1.44. The topological polar surface area (TPSA) is 214 Å². The molecule has 6 N–H and O–H groups in total. The molecule has 0 aliphatic carbocycles. The molecule has 1 amide bonds. The van der Waals surface area contributed by atoms with Gasteiger partial charge in [-0.1, -0.05) is 45.9 Å². The van der Waals surface area contributed by atoms with Crippen LogP contribution in [0.5, 0.6) is 17.2 Å². The van der Waals surface area contributed by atoms with Crippen LogP contribution in [0.15, 0.2) is 36.1 Å². The standard InChI is InChI=1S/C39H48N2O12S/c1-16-11-10-12-17(2)38(49)41-29-33(47)26-25(28-36(29)54-24(15-42)40-28)27-35(21(6)32(26)46)53-39(8,37(27)48)51-14-13-23(50-9)18(3)34(52-22(7)43)20(5)31(45)19(4)30(16)44/h10-14,16,18-20,23,30-31,34,42,44-47H,15H2,1-9H3,(H,41,49)/b11-10+,14-13-,17-12+/t16-,18-,19-,20+,23+,30-,31-,34+,39-/m1/s1. The number of carbonyl (C=O) groups excluding carboxylic acids is 3. The number of anilines is 1. The summed E-state index contributed by atoms with van der Waals surface area (Å²) in [5.41, 5.74) is 0.350. The number of esters is 1. The van der Waals surface area contributed by atoms with E-state index < -0.39 is 89.6 Å². The molecule has 0 saturated heterocycles. The van der Waals surface area contributed by atoms with Gasteiger partial charge in [0.15, 0.2) is 5.75 Å². The maximum atomic E-state index is 14.3. The lowest BCUT2D eigenvalue weighted by molar-refractivity contribution is -0.160. The Morgan fingerprint density at radius 1 is 1.02 bits per heavy atom. The normalized spacial score (nSPS) is 31.8. The fourth-order valence-electron chi connectivity index (χ4n) is 7.23. The number of ketones is 1. The summed E-state index contributed by atoms with van der Waals surface area (Å²) in [5.74, 6) is -7.18. The molecule has 3 aromatic rings. The van der Waals surface area contributed by atoms with E-state index in [-0.39, 0.29) is 54.1 Å². The van der Waals surface area contributed by atoms with Gasteiger partial charge in [0.05, 0.1) is 52.3 Å². The molecule has 1 aromatic heterocycles. The second-order valence-electron chi connectivity index (χ2n) is 14.3. The third-order valence-electron chi connectivity index (χ3n) is 10.5.